The fraction of sp³-hybridized carbons (Fsp3) is 0.933. The van der Waals surface area contributed by atoms with Crippen LogP contribution in [0, 0.1) is 11.3 Å². The Balaban J connectivity index is 0.00000110. The highest BCUT2D eigenvalue weighted by Crippen LogP contribution is 2.58. The number of halogens is 2. The number of likely N-dealkylation sites (N-methyl/N-ethyl adjacent to an activating group) is 1. The van der Waals surface area contributed by atoms with Gasteiger partial charge in [0.2, 0.25) is 5.91 Å². The quantitative estimate of drug-likeness (QED) is 0.804. The summed E-state index contributed by atoms with van der Waals surface area (Å²) in [6.45, 7) is 5.19. The molecule has 1 aliphatic heterocycles. The topological polar surface area (TPSA) is 44.4 Å². The highest BCUT2D eigenvalue weighted by atomic mass is 35.5. The van der Waals surface area contributed by atoms with Crippen LogP contribution in [0.3, 0.4) is 0 Å². The second-order valence-corrected chi connectivity index (χ2v) is 6.86. The fourth-order valence-electron chi connectivity index (χ4n) is 3.55. The molecule has 2 saturated carbocycles. The zero-order valence-corrected chi connectivity index (χ0v) is 14.7. The van der Waals surface area contributed by atoms with Gasteiger partial charge in [-0.25, -0.2) is 0 Å². The van der Waals surface area contributed by atoms with E-state index in [0.29, 0.717) is 23.3 Å². The van der Waals surface area contributed by atoms with Crippen molar-refractivity contribution in [2.75, 3.05) is 26.7 Å². The maximum atomic E-state index is 12.2. The van der Waals surface area contributed by atoms with Gasteiger partial charge in [-0.05, 0) is 64.6 Å². The number of nitrogens with zero attached hydrogens (tertiary/aromatic N) is 1. The van der Waals surface area contributed by atoms with Crippen LogP contribution in [0.4, 0.5) is 0 Å². The van der Waals surface area contributed by atoms with Gasteiger partial charge in [-0.1, -0.05) is 0 Å². The summed E-state index contributed by atoms with van der Waals surface area (Å²) in [5, 5.41) is 6.56. The van der Waals surface area contributed by atoms with Gasteiger partial charge in [0.15, 0.2) is 0 Å². The van der Waals surface area contributed by atoms with Gasteiger partial charge < -0.3 is 10.6 Å². The summed E-state index contributed by atoms with van der Waals surface area (Å²) < 4.78 is 0. The predicted octanol–water partition coefficient (Wildman–Crippen LogP) is 1.82. The Morgan fingerprint density at radius 1 is 1.33 bits per heavy atom. The molecule has 2 unspecified atom stereocenters. The number of carbonyl (C=O) groups is 1. The molecular formula is C15H29Cl2N3O. The fourth-order valence-corrected chi connectivity index (χ4v) is 3.55. The molecule has 1 saturated heterocycles. The largest absolute Gasteiger partial charge is 0.354 e. The Kier molecular flexibility index (Phi) is 6.79. The van der Waals surface area contributed by atoms with Crippen LogP contribution < -0.4 is 10.6 Å². The molecular weight excluding hydrogens is 309 g/mol. The smallest absolute Gasteiger partial charge is 0.223 e. The molecule has 2 N–H and O–H groups in total. The van der Waals surface area contributed by atoms with Gasteiger partial charge in [0.1, 0.15) is 0 Å². The summed E-state index contributed by atoms with van der Waals surface area (Å²) in [5.41, 5.74) is 0.362. The number of nitrogens with one attached hydrogen (secondary N) is 2. The zero-order valence-electron chi connectivity index (χ0n) is 13.1. The van der Waals surface area contributed by atoms with Gasteiger partial charge in [0.25, 0.3) is 0 Å². The van der Waals surface area contributed by atoms with Crippen molar-refractivity contribution in [1.82, 2.24) is 15.5 Å². The van der Waals surface area contributed by atoms with E-state index < -0.39 is 0 Å². The van der Waals surface area contributed by atoms with Crippen molar-refractivity contribution in [2.24, 2.45) is 11.3 Å². The van der Waals surface area contributed by atoms with E-state index in [0.717, 1.165) is 32.1 Å². The molecule has 0 aromatic heterocycles. The van der Waals surface area contributed by atoms with Crippen molar-refractivity contribution in [3.8, 4) is 0 Å². The molecule has 124 valence electrons. The molecule has 21 heavy (non-hydrogen) atoms. The highest BCUT2D eigenvalue weighted by Gasteiger charge is 2.57. The Morgan fingerprint density at radius 3 is 2.52 bits per heavy atom. The number of carbonyl (C=O) groups excluding carboxylic acids is 1. The summed E-state index contributed by atoms with van der Waals surface area (Å²) in [6.07, 6.45) is 6.14. The summed E-state index contributed by atoms with van der Waals surface area (Å²) in [6, 6.07) is 1.22. The molecule has 2 aliphatic carbocycles. The van der Waals surface area contributed by atoms with Crippen LogP contribution in [0.15, 0.2) is 0 Å². The number of hydrogen-bond donors (Lipinski definition) is 2. The van der Waals surface area contributed by atoms with Crippen molar-refractivity contribution in [2.45, 2.75) is 51.1 Å². The Hall–Kier alpha value is -0.0300. The Morgan fingerprint density at radius 2 is 1.95 bits per heavy atom. The number of rotatable bonds is 5. The van der Waals surface area contributed by atoms with Crippen LogP contribution in [0.25, 0.3) is 0 Å². The van der Waals surface area contributed by atoms with E-state index in [2.05, 4.69) is 29.5 Å². The SMILES string of the molecule is CC(CNC(=O)C1CC12CCNCC2)N(C)C1CC1.Cl.Cl. The molecule has 4 nitrogen and oxygen atoms in total. The number of hydrogen-bond acceptors (Lipinski definition) is 3. The second kappa shape index (κ2) is 7.49. The minimum Gasteiger partial charge on any atom is -0.354 e. The van der Waals surface area contributed by atoms with Crippen LogP contribution in [-0.4, -0.2) is 49.6 Å². The van der Waals surface area contributed by atoms with Crippen LogP contribution >= 0.6 is 24.8 Å². The van der Waals surface area contributed by atoms with Crippen LogP contribution in [0.1, 0.15) is 39.0 Å². The lowest BCUT2D eigenvalue weighted by atomic mass is 9.92. The van der Waals surface area contributed by atoms with Crippen molar-refractivity contribution in [3.05, 3.63) is 0 Å². The molecule has 0 bridgehead atoms. The molecule has 1 spiro atoms. The third-order valence-corrected chi connectivity index (χ3v) is 5.50. The predicted molar refractivity (Wildman–Crippen MR) is 90.4 cm³/mol. The first-order chi connectivity index (χ1) is 9.12. The zero-order chi connectivity index (χ0) is 13.5. The van der Waals surface area contributed by atoms with E-state index in [1.807, 2.05) is 0 Å². The van der Waals surface area contributed by atoms with E-state index in [4.69, 9.17) is 0 Å². The second-order valence-electron chi connectivity index (χ2n) is 6.86. The molecule has 1 heterocycles. The van der Waals surface area contributed by atoms with Gasteiger partial charge in [0, 0.05) is 24.5 Å². The maximum Gasteiger partial charge on any atom is 0.223 e. The summed E-state index contributed by atoms with van der Waals surface area (Å²) in [4.78, 5) is 14.7. The van der Waals surface area contributed by atoms with E-state index in [1.54, 1.807) is 0 Å². The van der Waals surface area contributed by atoms with Crippen LogP contribution in [0.5, 0.6) is 0 Å². The first-order valence-corrected chi connectivity index (χ1v) is 7.83. The van der Waals surface area contributed by atoms with E-state index >= 15 is 0 Å². The summed E-state index contributed by atoms with van der Waals surface area (Å²) >= 11 is 0. The third kappa shape index (κ3) is 4.25. The van der Waals surface area contributed by atoms with E-state index in [-0.39, 0.29) is 24.8 Å². The normalized spacial score (nSPS) is 27.5. The van der Waals surface area contributed by atoms with Crippen LogP contribution in [-0.2, 0) is 4.79 Å². The molecule has 6 heteroatoms. The first kappa shape index (κ1) is 19.0. The van der Waals surface area contributed by atoms with Gasteiger partial charge in [0.05, 0.1) is 0 Å². The van der Waals surface area contributed by atoms with Crippen molar-refractivity contribution in [3.63, 3.8) is 0 Å². The molecule has 0 aromatic rings. The maximum absolute atomic E-state index is 12.2. The molecule has 0 aromatic carbocycles. The number of piperidine rings is 1. The highest BCUT2D eigenvalue weighted by molar-refractivity contribution is 5.85. The van der Waals surface area contributed by atoms with Crippen molar-refractivity contribution < 1.29 is 4.79 Å². The molecule has 1 amide bonds. The van der Waals surface area contributed by atoms with Gasteiger partial charge in [-0.2, -0.15) is 0 Å². The minimum absolute atomic E-state index is 0. The van der Waals surface area contributed by atoms with Gasteiger partial charge >= 0.3 is 0 Å². The van der Waals surface area contributed by atoms with Crippen molar-refractivity contribution >= 4 is 30.7 Å². The Bertz CT molecular complexity index is 357. The van der Waals surface area contributed by atoms with Crippen molar-refractivity contribution in [1.29, 1.82) is 0 Å². The summed E-state index contributed by atoms with van der Waals surface area (Å²) in [5.74, 6) is 0.603. The monoisotopic (exact) mass is 337 g/mol. The third-order valence-electron chi connectivity index (χ3n) is 5.50. The minimum atomic E-state index is 0. The average molecular weight is 338 g/mol. The molecule has 0 radical (unpaired) electrons. The molecule has 2 atom stereocenters. The standard InChI is InChI=1S/C15H27N3O.2ClH/c1-11(18(2)12-3-4-12)10-17-14(19)13-9-15(13)5-7-16-8-6-15;;/h11-13,16H,3-10H2,1-2H3,(H,17,19);2*1H. The van der Waals surface area contributed by atoms with Gasteiger partial charge in [-0.3, -0.25) is 9.69 Å². The Labute approximate surface area is 140 Å². The lowest BCUT2D eigenvalue weighted by molar-refractivity contribution is -0.123. The first-order valence-electron chi connectivity index (χ1n) is 7.83. The van der Waals surface area contributed by atoms with Crippen LogP contribution in [0.2, 0.25) is 0 Å². The lowest BCUT2D eigenvalue weighted by Crippen LogP contribution is -2.42. The summed E-state index contributed by atoms with van der Waals surface area (Å²) in [7, 11) is 2.18. The average Bonchev–Trinajstić information content (AvgIpc) is 3.32. The van der Waals surface area contributed by atoms with E-state index in [1.165, 1.54) is 25.7 Å². The molecule has 3 aliphatic rings. The molecule has 3 fully saturated rings. The van der Waals surface area contributed by atoms with E-state index in [9.17, 15) is 4.79 Å². The lowest BCUT2D eigenvalue weighted by Gasteiger charge is -2.26. The number of amides is 1. The van der Waals surface area contributed by atoms with Gasteiger partial charge in [-0.15, -0.1) is 24.8 Å². The molecule has 3 rings (SSSR count).